The van der Waals surface area contributed by atoms with Crippen LogP contribution in [0.3, 0.4) is 0 Å². The Bertz CT molecular complexity index is 338. The van der Waals surface area contributed by atoms with Gasteiger partial charge in [-0.2, -0.15) is 0 Å². The van der Waals surface area contributed by atoms with Gasteiger partial charge in [-0.25, -0.2) is 0 Å². The SMILES string of the molecule is CN(C(=O)C1CCCCC1C(=O)O)C1CCOCC1. The number of carbonyl (C=O) groups excluding carboxylic acids is 1. The fraction of sp³-hybridized carbons (Fsp3) is 0.857. The van der Waals surface area contributed by atoms with E-state index in [0.717, 1.165) is 25.7 Å². The third-order valence-electron chi connectivity index (χ3n) is 4.49. The van der Waals surface area contributed by atoms with E-state index in [0.29, 0.717) is 26.1 Å². The van der Waals surface area contributed by atoms with Crippen LogP contribution in [-0.2, 0) is 14.3 Å². The van der Waals surface area contributed by atoms with E-state index in [-0.39, 0.29) is 17.9 Å². The van der Waals surface area contributed by atoms with E-state index in [1.54, 1.807) is 4.90 Å². The van der Waals surface area contributed by atoms with Gasteiger partial charge in [0.2, 0.25) is 5.91 Å². The molecule has 0 bridgehead atoms. The maximum atomic E-state index is 12.5. The van der Waals surface area contributed by atoms with Crippen LogP contribution in [0.4, 0.5) is 0 Å². The van der Waals surface area contributed by atoms with Crippen molar-refractivity contribution in [3.05, 3.63) is 0 Å². The smallest absolute Gasteiger partial charge is 0.307 e. The van der Waals surface area contributed by atoms with Crippen LogP contribution in [0.2, 0.25) is 0 Å². The van der Waals surface area contributed by atoms with Crippen molar-refractivity contribution in [1.82, 2.24) is 4.90 Å². The van der Waals surface area contributed by atoms with Crippen LogP contribution < -0.4 is 0 Å². The minimum atomic E-state index is -0.821. The molecule has 0 aromatic carbocycles. The van der Waals surface area contributed by atoms with E-state index in [4.69, 9.17) is 4.74 Å². The summed E-state index contributed by atoms with van der Waals surface area (Å²) in [6.07, 6.45) is 4.93. The van der Waals surface area contributed by atoms with E-state index in [9.17, 15) is 14.7 Å². The predicted molar refractivity (Wildman–Crippen MR) is 69.7 cm³/mol. The predicted octanol–water partition coefficient (Wildman–Crippen LogP) is 1.51. The lowest BCUT2D eigenvalue weighted by molar-refractivity contribution is -0.153. The van der Waals surface area contributed by atoms with Gasteiger partial charge in [-0.1, -0.05) is 12.8 Å². The van der Waals surface area contributed by atoms with Crippen LogP contribution in [0.1, 0.15) is 38.5 Å². The summed E-state index contributed by atoms with van der Waals surface area (Å²) >= 11 is 0. The van der Waals surface area contributed by atoms with Gasteiger partial charge in [0.15, 0.2) is 0 Å². The molecule has 1 aliphatic carbocycles. The Morgan fingerprint density at radius 3 is 2.21 bits per heavy atom. The van der Waals surface area contributed by atoms with Gasteiger partial charge in [0, 0.05) is 26.3 Å². The highest BCUT2D eigenvalue weighted by Crippen LogP contribution is 2.32. The van der Waals surface area contributed by atoms with Gasteiger partial charge in [0.05, 0.1) is 11.8 Å². The molecular weight excluding hydrogens is 246 g/mol. The van der Waals surface area contributed by atoms with Crippen molar-refractivity contribution in [3.63, 3.8) is 0 Å². The van der Waals surface area contributed by atoms with E-state index in [2.05, 4.69) is 0 Å². The second-order valence-electron chi connectivity index (χ2n) is 5.63. The molecule has 2 atom stereocenters. The molecule has 1 heterocycles. The quantitative estimate of drug-likeness (QED) is 0.843. The maximum Gasteiger partial charge on any atom is 0.307 e. The summed E-state index contributed by atoms with van der Waals surface area (Å²) in [5.74, 6) is -1.64. The zero-order valence-electron chi connectivity index (χ0n) is 11.5. The van der Waals surface area contributed by atoms with Gasteiger partial charge in [0.1, 0.15) is 0 Å². The monoisotopic (exact) mass is 269 g/mol. The van der Waals surface area contributed by atoms with E-state index >= 15 is 0 Å². The van der Waals surface area contributed by atoms with E-state index in [1.165, 1.54) is 0 Å². The van der Waals surface area contributed by atoms with Gasteiger partial charge in [-0.05, 0) is 25.7 Å². The average Bonchev–Trinajstić information content (AvgIpc) is 2.46. The molecule has 1 amide bonds. The van der Waals surface area contributed by atoms with Crippen molar-refractivity contribution in [2.24, 2.45) is 11.8 Å². The van der Waals surface area contributed by atoms with Crippen LogP contribution in [-0.4, -0.2) is 48.2 Å². The number of hydrogen-bond donors (Lipinski definition) is 1. The van der Waals surface area contributed by atoms with Crippen LogP contribution in [0.5, 0.6) is 0 Å². The molecule has 1 saturated carbocycles. The standard InChI is InChI=1S/C14H23NO4/c1-15(10-6-8-19-9-7-10)13(16)11-4-2-3-5-12(11)14(17)18/h10-12H,2-9H2,1H3,(H,17,18). The van der Waals surface area contributed by atoms with Crippen molar-refractivity contribution < 1.29 is 19.4 Å². The van der Waals surface area contributed by atoms with Gasteiger partial charge in [-0.15, -0.1) is 0 Å². The van der Waals surface area contributed by atoms with Crippen molar-refractivity contribution in [1.29, 1.82) is 0 Å². The second-order valence-corrected chi connectivity index (χ2v) is 5.63. The zero-order chi connectivity index (χ0) is 13.8. The highest BCUT2D eigenvalue weighted by Gasteiger charge is 2.38. The molecule has 5 heteroatoms. The Morgan fingerprint density at radius 2 is 1.63 bits per heavy atom. The molecule has 1 saturated heterocycles. The van der Waals surface area contributed by atoms with Crippen LogP contribution in [0.25, 0.3) is 0 Å². The fourth-order valence-corrected chi connectivity index (χ4v) is 3.24. The Labute approximate surface area is 113 Å². The van der Waals surface area contributed by atoms with Crippen molar-refractivity contribution >= 4 is 11.9 Å². The van der Waals surface area contributed by atoms with Gasteiger partial charge < -0.3 is 14.7 Å². The first-order valence-corrected chi connectivity index (χ1v) is 7.18. The first-order chi connectivity index (χ1) is 9.11. The molecule has 0 radical (unpaired) electrons. The zero-order valence-corrected chi connectivity index (χ0v) is 11.5. The second kappa shape index (κ2) is 6.37. The third-order valence-corrected chi connectivity index (χ3v) is 4.49. The summed E-state index contributed by atoms with van der Waals surface area (Å²) in [5, 5.41) is 9.26. The first kappa shape index (κ1) is 14.3. The lowest BCUT2D eigenvalue weighted by atomic mass is 9.78. The normalized spacial score (nSPS) is 28.9. The fourth-order valence-electron chi connectivity index (χ4n) is 3.24. The van der Waals surface area contributed by atoms with Gasteiger partial charge >= 0.3 is 5.97 Å². The minimum Gasteiger partial charge on any atom is -0.481 e. The number of carboxylic acid groups (broad SMARTS) is 1. The molecule has 5 nitrogen and oxygen atoms in total. The molecule has 2 rings (SSSR count). The average molecular weight is 269 g/mol. The number of carbonyl (C=O) groups is 2. The summed E-state index contributed by atoms with van der Waals surface area (Å²) in [6, 6.07) is 0.206. The molecule has 0 aromatic rings. The molecule has 108 valence electrons. The molecule has 2 aliphatic rings. The van der Waals surface area contributed by atoms with Crippen molar-refractivity contribution in [3.8, 4) is 0 Å². The number of carboxylic acids is 1. The third kappa shape index (κ3) is 3.26. The largest absolute Gasteiger partial charge is 0.481 e. The van der Waals surface area contributed by atoms with E-state index in [1.807, 2.05) is 7.05 Å². The lowest BCUT2D eigenvalue weighted by Crippen LogP contribution is -2.46. The van der Waals surface area contributed by atoms with E-state index < -0.39 is 11.9 Å². The van der Waals surface area contributed by atoms with Gasteiger partial charge in [-0.3, -0.25) is 9.59 Å². The van der Waals surface area contributed by atoms with Gasteiger partial charge in [0.25, 0.3) is 0 Å². The molecule has 2 fully saturated rings. The maximum absolute atomic E-state index is 12.5. The Balaban J connectivity index is 2.01. The van der Waals surface area contributed by atoms with Crippen molar-refractivity contribution in [2.75, 3.05) is 20.3 Å². The number of amides is 1. The topological polar surface area (TPSA) is 66.8 Å². The number of rotatable bonds is 3. The Hall–Kier alpha value is -1.10. The van der Waals surface area contributed by atoms with Crippen LogP contribution in [0, 0.1) is 11.8 Å². The first-order valence-electron chi connectivity index (χ1n) is 7.18. The number of ether oxygens (including phenoxy) is 1. The molecule has 0 aromatic heterocycles. The molecular formula is C14H23NO4. The van der Waals surface area contributed by atoms with Crippen molar-refractivity contribution in [2.45, 2.75) is 44.6 Å². The summed E-state index contributed by atoms with van der Waals surface area (Å²) < 4.78 is 5.30. The molecule has 1 N–H and O–H groups in total. The summed E-state index contributed by atoms with van der Waals surface area (Å²) in [6.45, 7) is 1.38. The summed E-state index contributed by atoms with van der Waals surface area (Å²) in [4.78, 5) is 25.6. The van der Waals surface area contributed by atoms with Crippen LogP contribution >= 0.6 is 0 Å². The molecule has 0 spiro atoms. The Morgan fingerprint density at radius 1 is 1.05 bits per heavy atom. The van der Waals surface area contributed by atoms with Crippen LogP contribution in [0.15, 0.2) is 0 Å². The minimum absolute atomic E-state index is 0.0130. The lowest BCUT2D eigenvalue weighted by Gasteiger charge is -2.36. The number of nitrogens with zero attached hydrogens (tertiary/aromatic N) is 1. The molecule has 2 unspecified atom stereocenters. The number of hydrogen-bond acceptors (Lipinski definition) is 3. The number of aliphatic carboxylic acids is 1. The Kier molecular flexibility index (Phi) is 4.80. The molecule has 1 aliphatic heterocycles. The highest BCUT2D eigenvalue weighted by molar-refractivity contribution is 5.85. The highest BCUT2D eigenvalue weighted by atomic mass is 16.5. The molecule has 19 heavy (non-hydrogen) atoms. The summed E-state index contributed by atoms with van der Waals surface area (Å²) in [5.41, 5.74) is 0. The summed E-state index contributed by atoms with van der Waals surface area (Å²) in [7, 11) is 1.81.